The minimum Gasteiger partial charge on any atom is -1.00 e. The van der Waals surface area contributed by atoms with E-state index in [4.69, 9.17) is 9.47 Å². The van der Waals surface area contributed by atoms with Crippen LogP contribution < -0.4 is 58.6 Å². The SMILES string of the molecule is C[N+](C)(C)CCOC(=O)NCCCCCCCCCCNC(=O)OCC[N+](C)(C)C.[I-].[I-]. The fourth-order valence-corrected chi connectivity index (χ4v) is 2.62. The number of amides is 2. The van der Waals surface area contributed by atoms with Gasteiger partial charge in [0.25, 0.3) is 0 Å². The van der Waals surface area contributed by atoms with E-state index >= 15 is 0 Å². The van der Waals surface area contributed by atoms with Gasteiger partial charge in [-0.25, -0.2) is 9.59 Å². The van der Waals surface area contributed by atoms with Gasteiger partial charge in [0.15, 0.2) is 0 Å². The standard InChI is InChI=1S/C22H46N4O4.2HI/c1-25(2,3)17-19-29-21(27)23-15-13-11-9-7-8-10-12-14-16-24-22(28)30-20-18-26(4,5)6;;/h7-20H2,1-6H3;2*1H. The van der Waals surface area contributed by atoms with Crippen molar-refractivity contribution in [2.45, 2.75) is 51.4 Å². The van der Waals surface area contributed by atoms with Crippen LogP contribution in [0.4, 0.5) is 9.59 Å². The maximum Gasteiger partial charge on any atom is 0.407 e. The predicted octanol–water partition coefficient (Wildman–Crippen LogP) is -3.02. The molecule has 0 aliphatic heterocycles. The zero-order valence-corrected chi connectivity index (χ0v) is 25.5. The largest absolute Gasteiger partial charge is 1.00 e. The second kappa shape index (κ2) is 21.5. The second-order valence-electron chi connectivity index (χ2n) is 9.98. The summed E-state index contributed by atoms with van der Waals surface area (Å²) in [6.07, 6.45) is 8.42. The number of halogens is 2. The highest BCUT2D eigenvalue weighted by atomic mass is 127. The lowest BCUT2D eigenvalue weighted by atomic mass is 10.1. The van der Waals surface area contributed by atoms with Crippen LogP contribution in [0.15, 0.2) is 0 Å². The summed E-state index contributed by atoms with van der Waals surface area (Å²) in [6.45, 7) is 3.87. The average Bonchev–Trinajstić information content (AvgIpc) is 2.60. The molecule has 0 fully saturated rings. The first-order valence-electron chi connectivity index (χ1n) is 11.4. The lowest BCUT2D eigenvalue weighted by Gasteiger charge is -2.23. The Morgan fingerprint density at radius 1 is 0.562 bits per heavy atom. The minimum absolute atomic E-state index is 0. The molecule has 10 heteroatoms. The lowest BCUT2D eigenvalue weighted by molar-refractivity contribution is -0.870. The number of hydrogen-bond acceptors (Lipinski definition) is 4. The first-order chi connectivity index (χ1) is 14.0. The molecule has 0 unspecified atom stereocenters. The molecule has 0 aliphatic carbocycles. The summed E-state index contributed by atoms with van der Waals surface area (Å²) in [5.41, 5.74) is 0. The summed E-state index contributed by atoms with van der Waals surface area (Å²) in [4.78, 5) is 23.1. The van der Waals surface area contributed by atoms with Crippen molar-refractivity contribution in [1.29, 1.82) is 0 Å². The van der Waals surface area contributed by atoms with Crippen LogP contribution in [0, 0.1) is 0 Å². The molecule has 8 nitrogen and oxygen atoms in total. The molecule has 0 radical (unpaired) electrons. The Morgan fingerprint density at radius 2 is 0.844 bits per heavy atom. The predicted molar refractivity (Wildman–Crippen MR) is 121 cm³/mol. The summed E-state index contributed by atoms with van der Waals surface area (Å²) < 4.78 is 11.9. The summed E-state index contributed by atoms with van der Waals surface area (Å²) >= 11 is 0. The van der Waals surface area contributed by atoms with Crippen molar-refractivity contribution in [3.05, 3.63) is 0 Å². The van der Waals surface area contributed by atoms with Crippen molar-refractivity contribution < 1.29 is 76.0 Å². The third-order valence-electron chi connectivity index (χ3n) is 4.63. The highest BCUT2D eigenvalue weighted by Crippen LogP contribution is 2.08. The van der Waals surface area contributed by atoms with E-state index in [0.717, 1.165) is 47.7 Å². The number of hydrogen-bond donors (Lipinski definition) is 2. The van der Waals surface area contributed by atoms with Gasteiger partial charge in [-0.3, -0.25) is 0 Å². The van der Waals surface area contributed by atoms with Crippen molar-refractivity contribution >= 4 is 12.2 Å². The number of carbonyl (C=O) groups excluding carboxylic acids is 2. The molecule has 0 aromatic rings. The Hall–Kier alpha value is -0.0800. The molecule has 0 aliphatic rings. The number of ether oxygens (including phenoxy) is 2. The van der Waals surface area contributed by atoms with Gasteiger partial charge in [0.05, 0.1) is 42.3 Å². The van der Waals surface area contributed by atoms with E-state index in [1.807, 2.05) is 0 Å². The van der Waals surface area contributed by atoms with E-state index < -0.39 is 0 Å². The van der Waals surface area contributed by atoms with E-state index in [1.165, 1.54) is 25.7 Å². The molecule has 0 saturated heterocycles. The van der Waals surface area contributed by atoms with Gasteiger partial charge in [0.1, 0.15) is 26.3 Å². The molecule has 0 spiro atoms. The van der Waals surface area contributed by atoms with E-state index in [0.29, 0.717) is 26.3 Å². The van der Waals surface area contributed by atoms with Crippen molar-refractivity contribution in [3.8, 4) is 0 Å². The quantitative estimate of drug-likeness (QED) is 0.0972. The topological polar surface area (TPSA) is 76.7 Å². The molecule has 2 N–H and O–H groups in total. The molecular weight excluding hydrogens is 638 g/mol. The van der Waals surface area contributed by atoms with Crippen LogP contribution in [0.2, 0.25) is 0 Å². The molecule has 0 bridgehead atoms. The fourth-order valence-electron chi connectivity index (χ4n) is 2.62. The Morgan fingerprint density at radius 3 is 1.12 bits per heavy atom. The molecule has 2 amide bonds. The van der Waals surface area contributed by atoms with Crippen LogP contribution in [0.25, 0.3) is 0 Å². The third-order valence-corrected chi connectivity index (χ3v) is 4.63. The molecule has 0 atom stereocenters. The van der Waals surface area contributed by atoms with Gasteiger partial charge < -0.3 is 77.0 Å². The van der Waals surface area contributed by atoms with Crippen molar-refractivity contribution in [1.82, 2.24) is 10.6 Å². The maximum absolute atomic E-state index is 11.5. The molecule has 0 saturated carbocycles. The Labute approximate surface area is 230 Å². The van der Waals surface area contributed by atoms with Crippen molar-refractivity contribution in [2.24, 2.45) is 0 Å². The third kappa shape index (κ3) is 29.9. The molecule has 0 heterocycles. The lowest BCUT2D eigenvalue weighted by Crippen LogP contribution is -3.00. The van der Waals surface area contributed by atoms with Crippen LogP contribution in [0.1, 0.15) is 51.4 Å². The van der Waals surface area contributed by atoms with E-state index in [2.05, 4.69) is 52.9 Å². The fraction of sp³-hybridized carbons (Fsp3) is 0.909. The number of nitrogens with zero attached hydrogens (tertiary/aromatic N) is 2. The smallest absolute Gasteiger partial charge is 0.407 e. The van der Waals surface area contributed by atoms with Gasteiger partial charge in [0.2, 0.25) is 0 Å². The molecular formula is C22H48I2N4O4. The average molecular weight is 686 g/mol. The molecule has 0 aromatic heterocycles. The first kappa shape index (κ1) is 36.5. The number of carbonyl (C=O) groups is 2. The maximum atomic E-state index is 11.5. The van der Waals surface area contributed by atoms with Crippen LogP contribution in [-0.4, -0.2) is 103 Å². The first-order valence-corrected chi connectivity index (χ1v) is 11.4. The molecule has 32 heavy (non-hydrogen) atoms. The Bertz CT molecular complexity index is 428. The summed E-state index contributed by atoms with van der Waals surface area (Å²) in [5.74, 6) is 0. The molecule has 0 aromatic carbocycles. The van der Waals surface area contributed by atoms with Gasteiger partial charge in [-0.2, -0.15) is 0 Å². The van der Waals surface area contributed by atoms with Crippen LogP contribution in [-0.2, 0) is 9.47 Å². The zero-order valence-electron chi connectivity index (χ0n) is 21.2. The number of rotatable bonds is 17. The van der Waals surface area contributed by atoms with Crippen LogP contribution in [0.3, 0.4) is 0 Å². The van der Waals surface area contributed by atoms with Gasteiger partial charge in [-0.15, -0.1) is 0 Å². The van der Waals surface area contributed by atoms with Crippen molar-refractivity contribution in [2.75, 3.05) is 81.7 Å². The number of alkyl carbamates (subject to hydrolysis) is 2. The Kier molecular flexibility index (Phi) is 24.5. The number of likely N-dealkylation sites (N-methyl/N-ethyl adjacent to an activating group) is 2. The summed E-state index contributed by atoms with van der Waals surface area (Å²) in [6, 6.07) is 0. The molecule has 194 valence electrons. The monoisotopic (exact) mass is 686 g/mol. The van der Waals surface area contributed by atoms with Gasteiger partial charge in [-0.05, 0) is 12.8 Å². The zero-order chi connectivity index (χ0) is 22.9. The van der Waals surface area contributed by atoms with Crippen molar-refractivity contribution in [3.63, 3.8) is 0 Å². The number of nitrogens with one attached hydrogen (secondary N) is 2. The minimum atomic E-state index is -0.311. The molecule has 0 rings (SSSR count). The summed E-state index contributed by atoms with van der Waals surface area (Å²) in [5, 5.41) is 5.62. The van der Waals surface area contributed by atoms with E-state index in [9.17, 15) is 9.59 Å². The highest BCUT2D eigenvalue weighted by molar-refractivity contribution is 5.67. The van der Waals surface area contributed by atoms with Crippen LogP contribution >= 0.6 is 0 Å². The van der Waals surface area contributed by atoms with E-state index in [1.54, 1.807) is 0 Å². The van der Waals surface area contributed by atoms with Crippen LogP contribution in [0.5, 0.6) is 0 Å². The van der Waals surface area contributed by atoms with Gasteiger partial charge in [0, 0.05) is 13.1 Å². The summed E-state index contributed by atoms with van der Waals surface area (Å²) in [7, 11) is 12.4. The normalized spacial score (nSPS) is 11.1. The Balaban J connectivity index is -0.00000420. The number of quaternary nitrogens is 2. The highest BCUT2D eigenvalue weighted by Gasteiger charge is 2.09. The second-order valence-corrected chi connectivity index (χ2v) is 9.98. The van der Waals surface area contributed by atoms with Gasteiger partial charge >= 0.3 is 12.2 Å². The number of unbranched alkanes of at least 4 members (excludes halogenated alkanes) is 7. The van der Waals surface area contributed by atoms with Gasteiger partial charge in [-0.1, -0.05) is 38.5 Å². The van der Waals surface area contributed by atoms with E-state index in [-0.39, 0.29) is 60.1 Å².